The molecular formula is C49H90N2O4. The third-order valence-corrected chi connectivity index (χ3v) is 11.5. The van der Waals surface area contributed by atoms with Gasteiger partial charge < -0.3 is 14.4 Å². The number of hydrogen-bond acceptors (Lipinski definition) is 6. The smallest absolute Gasteiger partial charge is 0.305 e. The average Bonchev–Trinajstić information content (AvgIpc) is 3.20. The van der Waals surface area contributed by atoms with Crippen molar-refractivity contribution in [2.24, 2.45) is 11.8 Å². The summed E-state index contributed by atoms with van der Waals surface area (Å²) in [5, 5.41) is 0. The highest BCUT2D eigenvalue weighted by molar-refractivity contribution is 5.69. The van der Waals surface area contributed by atoms with Crippen LogP contribution in [-0.2, 0) is 19.1 Å². The molecule has 1 heterocycles. The van der Waals surface area contributed by atoms with Gasteiger partial charge in [-0.25, -0.2) is 0 Å². The van der Waals surface area contributed by atoms with E-state index in [9.17, 15) is 9.59 Å². The quantitative estimate of drug-likeness (QED) is 0.0488. The molecule has 0 saturated carbocycles. The van der Waals surface area contributed by atoms with E-state index in [4.69, 9.17) is 9.47 Å². The number of esters is 2. The van der Waals surface area contributed by atoms with Gasteiger partial charge >= 0.3 is 11.9 Å². The summed E-state index contributed by atoms with van der Waals surface area (Å²) in [6, 6.07) is 4.29. The summed E-state index contributed by atoms with van der Waals surface area (Å²) in [6.45, 7) is 12.4. The van der Waals surface area contributed by atoms with E-state index in [-0.39, 0.29) is 11.9 Å². The Kier molecular flexibility index (Phi) is 35.9. The highest BCUT2D eigenvalue weighted by Crippen LogP contribution is 2.21. The van der Waals surface area contributed by atoms with Gasteiger partial charge in [0.25, 0.3) is 0 Å². The molecule has 0 amide bonds. The number of unbranched alkanes of at least 4 members (excludes halogenated alkanes) is 20. The number of carbonyl (C=O) groups excluding carboxylic acids is 2. The maximum absolute atomic E-state index is 12.4. The van der Waals surface area contributed by atoms with Crippen LogP contribution in [0.5, 0.6) is 0 Å². The first-order valence-electron chi connectivity index (χ1n) is 24.0. The molecule has 320 valence electrons. The van der Waals surface area contributed by atoms with E-state index in [2.05, 4.69) is 49.7 Å². The summed E-state index contributed by atoms with van der Waals surface area (Å²) in [4.78, 5) is 31.6. The van der Waals surface area contributed by atoms with Gasteiger partial charge in [0.15, 0.2) is 0 Å². The molecule has 0 aliphatic carbocycles. The molecule has 0 aliphatic rings. The molecule has 2 atom stereocenters. The zero-order chi connectivity index (χ0) is 39.9. The number of carbonyl (C=O) groups is 2. The average molecular weight is 771 g/mol. The van der Waals surface area contributed by atoms with E-state index >= 15 is 0 Å². The Hall–Kier alpha value is -2.11. The van der Waals surface area contributed by atoms with E-state index in [0.29, 0.717) is 37.9 Å². The highest BCUT2D eigenvalue weighted by atomic mass is 16.5. The Labute approximate surface area is 341 Å². The van der Waals surface area contributed by atoms with Crippen molar-refractivity contribution in [3.05, 3.63) is 24.5 Å². The van der Waals surface area contributed by atoms with Gasteiger partial charge in [0.05, 0.1) is 13.2 Å². The lowest BCUT2D eigenvalue weighted by Gasteiger charge is -2.25. The molecule has 0 spiro atoms. The predicted octanol–water partition coefficient (Wildman–Crippen LogP) is 14.8. The summed E-state index contributed by atoms with van der Waals surface area (Å²) in [6.07, 6.45) is 41.5. The van der Waals surface area contributed by atoms with Crippen molar-refractivity contribution in [3.63, 3.8) is 0 Å². The summed E-state index contributed by atoms with van der Waals surface area (Å²) < 4.78 is 11.4. The van der Waals surface area contributed by atoms with Crippen molar-refractivity contribution in [1.29, 1.82) is 0 Å². The number of anilines is 1. The minimum Gasteiger partial charge on any atom is -0.465 e. The van der Waals surface area contributed by atoms with E-state index in [0.717, 1.165) is 38.8 Å². The Bertz CT molecular complexity index is 915. The van der Waals surface area contributed by atoms with Crippen molar-refractivity contribution >= 4 is 17.6 Å². The standard InChI is InChI=1S/C49H90N2O4/c1-5-9-13-25-33-45(31-11-7-3)43-54-48(52)35-27-21-17-15-19-23-29-41-51(47-37-39-50-40-38-47)42-30-24-20-16-18-22-28-36-49(53)55-44-46(32-12-8-4)34-26-14-10-6-2/h37-40,45-46H,5-36,41-44H2,1-4H3. The molecule has 0 aliphatic heterocycles. The molecule has 0 aromatic carbocycles. The minimum absolute atomic E-state index is 0.00901. The molecule has 0 N–H and O–H groups in total. The van der Waals surface area contributed by atoms with Crippen LogP contribution in [0.1, 0.15) is 233 Å². The van der Waals surface area contributed by atoms with Crippen LogP contribution in [0.4, 0.5) is 5.69 Å². The van der Waals surface area contributed by atoms with Crippen LogP contribution in [0.2, 0.25) is 0 Å². The Balaban J connectivity index is 2.14. The summed E-state index contributed by atoms with van der Waals surface area (Å²) in [5.41, 5.74) is 1.29. The van der Waals surface area contributed by atoms with Gasteiger partial charge in [-0.2, -0.15) is 0 Å². The fourth-order valence-corrected chi connectivity index (χ4v) is 7.73. The Morgan fingerprint density at radius 3 is 1.22 bits per heavy atom. The second kappa shape index (κ2) is 38.7. The Morgan fingerprint density at radius 2 is 0.818 bits per heavy atom. The van der Waals surface area contributed by atoms with Crippen molar-refractivity contribution in [1.82, 2.24) is 4.98 Å². The van der Waals surface area contributed by atoms with E-state index in [1.54, 1.807) is 0 Å². The molecule has 6 nitrogen and oxygen atoms in total. The largest absolute Gasteiger partial charge is 0.465 e. The maximum Gasteiger partial charge on any atom is 0.305 e. The fourth-order valence-electron chi connectivity index (χ4n) is 7.73. The highest BCUT2D eigenvalue weighted by Gasteiger charge is 2.14. The molecule has 0 bridgehead atoms. The van der Waals surface area contributed by atoms with Gasteiger partial charge in [0.2, 0.25) is 0 Å². The number of rotatable bonds is 41. The minimum atomic E-state index is 0.00901. The number of hydrogen-bond donors (Lipinski definition) is 0. The van der Waals surface area contributed by atoms with Gasteiger partial charge in [0, 0.05) is 44.0 Å². The van der Waals surface area contributed by atoms with Gasteiger partial charge in [-0.1, -0.05) is 169 Å². The maximum atomic E-state index is 12.4. The summed E-state index contributed by atoms with van der Waals surface area (Å²) in [7, 11) is 0. The molecule has 0 fully saturated rings. The van der Waals surface area contributed by atoms with Gasteiger partial charge in [-0.3, -0.25) is 14.6 Å². The first-order chi connectivity index (χ1) is 27.0. The molecule has 0 radical (unpaired) electrons. The van der Waals surface area contributed by atoms with Crippen LogP contribution < -0.4 is 4.90 Å². The molecule has 6 heteroatoms. The van der Waals surface area contributed by atoms with Gasteiger partial charge in [-0.05, 0) is 75.3 Å². The Morgan fingerprint density at radius 1 is 0.473 bits per heavy atom. The van der Waals surface area contributed by atoms with Crippen molar-refractivity contribution < 1.29 is 19.1 Å². The number of pyridine rings is 1. The summed E-state index contributed by atoms with van der Waals surface area (Å²) >= 11 is 0. The number of nitrogens with zero attached hydrogens (tertiary/aromatic N) is 2. The molecule has 1 aromatic rings. The van der Waals surface area contributed by atoms with Gasteiger partial charge in [0.1, 0.15) is 0 Å². The van der Waals surface area contributed by atoms with E-state index in [1.807, 2.05) is 12.4 Å². The van der Waals surface area contributed by atoms with Crippen LogP contribution in [0.15, 0.2) is 24.5 Å². The van der Waals surface area contributed by atoms with E-state index < -0.39 is 0 Å². The van der Waals surface area contributed by atoms with Crippen molar-refractivity contribution in [2.45, 2.75) is 233 Å². The molecule has 0 saturated heterocycles. The van der Waals surface area contributed by atoms with Crippen LogP contribution in [0, 0.1) is 11.8 Å². The monoisotopic (exact) mass is 771 g/mol. The normalized spacial score (nSPS) is 12.4. The zero-order valence-electron chi connectivity index (χ0n) is 36.9. The van der Waals surface area contributed by atoms with Crippen LogP contribution >= 0.6 is 0 Å². The van der Waals surface area contributed by atoms with Gasteiger partial charge in [-0.15, -0.1) is 0 Å². The number of aromatic nitrogens is 1. The first kappa shape index (κ1) is 50.9. The lowest BCUT2D eigenvalue weighted by molar-refractivity contribution is -0.146. The predicted molar refractivity (Wildman–Crippen MR) is 236 cm³/mol. The van der Waals surface area contributed by atoms with E-state index in [1.165, 1.54) is 173 Å². The molecule has 1 rings (SSSR count). The SMILES string of the molecule is CCCCCCC(CCCC)COC(=O)CCCCCCCCCN(CCCCCCCCCC(=O)OCC(CCCC)CCCCCC)c1ccncc1. The van der Waals surface area contributed by atoms with Crippen LogP contribution in [0.25, 0.3) is 0 Å². The lowest BCUT2D eigenvalue weighted by atomic mass is 9.96. The topological polar surface area (TPSA) is 68.7 Å². The molecule has 1 aromatic heterocycles. The summed E-state index contributed by atoms with van der Waals surface area (Å²) in [5.74, 6) is 1.11. The second-order valence-corrected chi connectivity index (χ2v) is 16.7. The first-order valence-corrected chi connectivity index (χ1v) is 24.0. The zero-order valence-corrected chi connectivity index (χ0v) is 36.9. The van der Waals surface area contributed by atoms with Crippen molar-refractivity contribution in [2.75, 3.05) is 31.2 Å². The third-order valence-electron chi connectivity index (χ3n) is 11.5. The third kappa shape index (κ3) is 31.6. The van der Waals surface area contributed by atoms with Crippen molar-refractivity contribution in [3.8, 4) is 0 Å². The van der Waals surface area contributed by atoms with Crippen LogP contribution in [-0.4, -0.2) is 43.2 Å². The molecule has 2 unspecified atom stereocenters. The van der Waals surface area contributed by atoms with Crippen LogP contribution in [0.3, 0.4) is 0 Å². The lowest BCUT2D eigenvalue weighted by Crippen LogP contribution is -2.25. The fraction of sp³-hybridized carbons (Fsp3) is 0.857. The molecule has 55 heavy (non-hydrogen) atoms. The number of ether oxygens (including phenoxy) is 2. The second-order valence-electron chi connectivity index (χ2n) is 16.7. The molecular weight excluding hydrogens is 681 g/mol.